The molecule has 0 aliphatic carbocycles. The summed E-state index contributed by atoms with van der Waals surface area (Å²) in [4.78, 5) is 3.92. The quantitative estimate of drug-likeness (QED) is 0.778. The summed E-state index contributed by atoms with van der Waals surface area (Å²) in [7, 11) is 0. The lowest BCUT2D eigenvalue weighted by Gasteiger charge is -2.17. The lowest BCUT2D eigenvalue weighted by atomic mass is 10.1. The summed E-state index contributed by atoms with van der Waals surface area (Å²) in [5.74, 6) is 0.737. The molecule has 21 heavy (non-hydrogen) atoms. The molecule has 0 fully saturated rings. The number of benzene rings is 1. The van der Waals surface area contributed by atoms with Gasteiger partial charge < -0.3 is 15.2 Å². The molecule has 0 saturated carbocycles. The topological polar surface area (TPSA) is 72.2 Å². The minimum absolute atomic E-state index is 0.0296. The largest absolute Gasteiger partial charge is 0.494 e. The van der Waals surface area contributed by atoms with E-state index in [4.69, 9.17) is 4.74 Å². The van der Waals surface area contributed by atoms with Crippen LogP contribution in [-0.2, 0) is 13.2 Å². The Bertz CT molecular complexity index is 543. The van der Waals surface area contributed by atoms with E-state index in [-0.39, 0.29) is 6.61 Å². The second-order valence-electron chi connectivity index (χ2n) is 4.91. The van der Waals surface area contributed by atoms with Crippen molar-refractivity contribution in [2.24, 2.45) is 0 Å². The Balaban J connectivity index is 1.92. The van der Waals surface area contributed by atoms with Crippen molar-refractivity contribution >= 4 is 5.69 Å². The van der Waals surface area contributed by atoms with E-state index >= 15 is 0 Å². The van der Waals surface area contributed by atoms with Gasteiger partial charge in [0.2, 0.25) is 0 Å². The average Bonchev–Trinajstić information content (AvgIpc) is 3.00. The number of anilines is 1. The van der Waals surface area contributed by atoms with E-state index in [0.717, 1.165) is 30.0 Å². The van der Waals surface area contributed by atoms with E-state index < -0.39 is 0 Å². The molecular weight excluding hydrogens is 268 g/mol. The second kappa shape index (κ2) is 7.64. The van der Waals surface area contributed by atoms with E-state index in [1.165, 1.54) is 6.33 Å². The van der Waals surface area contributed by atoms with Crippen LogP contribution >= 0.6 is 0 Å². The van der Waals surface area contributed by atoms with Crippen molar-refractivity contribution in [3.63, 3.8) is 0 Å². The van der Waals surface area contributed by atoms with E-state index in [9.17, 15) is 5.11 Å². The Kier molecular flexibility index (Phi) is 5.57. The number of nitrogens with zero attached hydrogens (tertiary/aromatic N) is 3. The molecule has 114 valence electrons. The lowest BCUT2D eigenvalue weighted by Crippen LogP contribution is -2.18. The van der Waals surface area contributed by atoms with Gasteiger partial charge in [-0.1, -0.05) is 0 Å². The highest BCUT2D eigenvalue weighted by Gasteiger charge is 2.07. The number of aliphatic hydroxyl groups excluding tert-OH is 1. The van der Waals surface area contributed by atoms with Gasteiger partial charge >= 0.3 is 0 Å². The van der Waals surface area contributed by atoms with Gasteiger partial charge in [-0.2, -0.15) is 5.10 Å². The minimum atomic E-state index is -0.0296. The van der Waals surface area contributed by atoms with Crippen LogP contribution in [0.15, 0.2) is 30.9 Å². The molecule has 0 bridgehead atoms. The molecule has 0 aliphatic heterocycles. The first-order valence-electron chi connectivity index (χ1n) is 7.18. The summed E-state index contributed by atoms with van der Waals surface area (Å²) in [6.07, 6.45) is 4.19. The van der Waals surface area contributed by atoms with Gasteiger partial charge in [-0.15, -0.1) is 0 Å². The highest BCUT2D eigenvalue weighted by Crippen LogP contribution is 2.23. The standard InChI is InChI=1S/C15H22N4O2/c1-3-21-15-5-4-14(8-13(15)9-20)18-12(2)6-7-19-11-16-10-17-19/h4-5,8,10-12,18,20H,3,6-7,9H2,1-2H3. The number of aliphatic hydroxyl groups is 1. The molecule has 0 saturated heterocycles. The fraction of sp³-hybridized carbons (Fsp3) is 0.467. The van der Waals surface area contributed by atoms with Crippen LogP contribution in [0, 0.1) is 0 Å². The molecule has 2 N–H and O–H groups in total. The number of hydrogen-bond donors (Lipinski definition) is 2. The maximum atomic E-state index is 9.41. The SMILES string of the molecule is CCOc1ccc(NC(C)CCn2cncn2)cc1CO. The monoisotopic (exact) mass is 290 g/mol. The van der Waals surface area contributed by atoms with Crippen LogP contribution in [0.1, 0.15) is 25.8 Å². The third-order valence-corrected chi connectivity index (χ3v) is 3.20. The zero-order valence-electron chi connectivity index (χ0n) is 12.5. The minimum Gasteiger partial charge on any atom is -0.494 e. The van der Waals surface area contributed by atoms with Crippen molar-refractivity contribution in [2.45, 2.75) is 39.5 Å². The van der Waals surface area contributed by atoms with Crippen LogP contribution in [0.2, 0.25) is 0 Å². The van der Waals surface area contributed by atoms with Crippen LogP contribution < -0.4 is 10.1 Å². The average molecular weight is 290 g/mol. The van der Waals surface area contributed by atoms with Crippen molar-refractivity contribution in [1.82, 2.24) is 14.8 Å². The molecule has 1 heterocycles. The van der Waals surface area contributed by atoms with Crippen molar-refractivity contribution in [2.75, 3.05) is 11.9 Å². The van der Waals surface area contributed by atoms with E-state index in [2.05, 4.69) is 22.3 Å². The molecule has 0 amide bonds. The molecule has 0 radical (unpaired) electrons. The van der Waals surface area contributed by atoms with Gasteiger partial charge in [0.05, 0.1) is 13.2 Å². The van der Waals surface area contributed by atoms with Crippen LogP contribution in [0.25, 0.3) is 0 Å². The van der Waals surface area contributed by atoms with Crippen LogP contribution in [-0.4, -0.2) is 32.5 Å². The number of aromatic nitrogens is 3. The zero-order valence-corrected chi connectivity index (χ0v) is 12.5. The molecule has 1 aromatic carbocycles. The Labute approximate surface area is 124 Å². The Morgan fingerprint density at radius 1 is 1.43 bits per heavy atom. The fourth-order valence-corrected chi connectivity index (χ4v) is 2.12. The molecule has 2 rings (SSSR count). The number of aryl methyl sites for hydroxylation is 1. The first kappa shape index (κ1) is 15.3. The van der Waals surface area contributed by atoms with Gasteiger partial charge in [0.1, 0.15) is 18.4 Å². The Morgan fingerprint density at radius 2 is 2.29 bits per heavy atom. The Hall–Kier alpha value is -2.08. The molecule has 6 nitrogen and oxygen atoms in total. The molecule has 0 aliphatic rings. The van der Waals surface area contributed by atoms with E-state index in [1.54, 1.807) is 6.33 Å². The number of rotatable bonds is 8. The highest BCUT2D eigenvalue weighted by atomic mass is 16.5. The first-order chi connectivity index (χ1) is 10.2. The number of ether oxygens (including phenoxy) is 1. The van der Waals surface area contributed by atoms with Crippen molar-refractivity contribution in [3.05, 3.63) is 36.4 Å². The van der Waals surface area contributed by atoms with E-state index in [1.807, 2.05) is 29.8 Å². The molecule has 0 spiro atoms. The second-order valence-corrected chi connectivity index (χ2v) is 4.91. The lowest BCUT2D eigenvalue weighted by molar-refractivity contribution is 0.267. The first-order valence-corrected chi connectivity index (χ1v) is 7.18. The van der Waals surface area contributed by atoms with Gasteiger partial charge in [-0.3, -0.25) is 4.68 Å². The maximum Gasteiger partial charge on any atom is 0.137 e. The fourth-order valence-electron chi connectivity index (χ4n) is 2.12. The van der Waals surface area contributed by atoms with Crippen molar-refractivity contribution < 1.29 is 9.84 Å². The van der Waals surface area contributed by atoms with Gasteiger partial charge in [-0.05, 0) is 38.5 Å². The Morgan fingerprint density at radius 3 is 2.95 bits per heavy atom. The number of nitrogens with one attached hydrogen (secondary N) is 1. The van der Waals surface area contributed by atoms with Crippen LogP contribution in [0.5, 0.6) is 5.75 Å². The van der Waals surface area contributed by atoms with Crippen LogP contribution in [0.3, 0.4) is 0 Å². The summed E-state index contributed by atoms with van der Waals surface area (Å²) in [6.45, 7) is 5.43. The summed E-state index contributed by atoms with van der Waals surface area (Å²) in [5, 5.41) is 16.9. The zero-order chi connectivity index (χ0) is 15.1. The smallest absolute Gasteiger partial charge is 0.137 e. The third-order valence-electron chi connectivity index (χ3n) is 3.20. The highest BCUT2D eigenvalue weighted by molar-refractivity contribution is 5.51. The summed E-state index contributed by atoms with van der Waals surface area (Å²) in [5.41, 5.74) is 1.78. The molecule has 2 aromatic rings. The summed E-state index contributed by atoms with van der Waals surface area (Å²) < 4.78 is 7.29. The van der Waals surface area contributed by atoms with Gasteiger partial charge in [0.15, 0.2) is 0 Å². The normalized spacial score (nSPS) is 12.1. The number of hydrogen-bond acceptors (Lipinski definition) is 5. The molecule has 1 aromatic heterocycles. The maximum absolute atomic E-state index is 9.41. The summed E-state index contributed by atoms with van der Waals surface area (Å²) in [6, 6.07) is 6.08. The van der Waals surface area contributed by atoms with Gasteiger partial charge in [0, 0.05) is 23.8 Å². The predicted molar refractivity (Wildman–Crippen MR) is 81.3 cm³/mol. The van der Waals surface area contributed by atoms with E-state index in [0.29, 0.717) is 12.6 Å². The van der Waals surface area contributed by atoms with Gasteiger partial charge in [-0.25, -0.2) is 4.98 Å². The molecule has 6 heteroatoms. The van der Waals surface area contributed by atoms with Crippen molar-refractivity contribution in [3.8, 4) is 5.75 Å². The third kappa shape index (κ3) is 4.46. The van der Waals surface area contributed by atoms with Crippen molar-refractivity contribution in [1.29, 1.82) is 0 Å². The molecular formula is C15H22N4O2. The predicted octanol–water partition coefficient (Wildman–Crippen LogP) is 2.06. The van der Waals surface area contributed by atoms with Gasteiger partial charge in [0.25, 0.3) is 0 Å². The molecule has 1 unspecified atom stereocenters. The molecule has 1 atom stereocenters. The van der Waals surface area contributed by atoms with Crippen LogP contribution in [0.4, 0.5) is 5.69 Å². The summed E-state index contributed by atoms with van der Waals surface area (Å²) >= 11 is 0.